The highest BCUT2D eigenvalue weighted by atomic mass is 15.3. The predicted octanol–water partition coefficient (Wildman–Crippen LogP) is 2.58. The second-order valence-corrected chi connectivity index (χ2v) is 5.84. The quantitative estimate of drug-likeness (QED) is 0.509. The molecule has 0 saturated carbocycles. The maximum absolute atomic E-state index is 4.73. The van der Waals surface area contributed by atoms with Crippen LogP contribution in [0.4, 0.5) is 0 Å². The minimum Gasteiger partial charge on any atom is -0.357 e. The molecule has 0 amide bonds. The van der Waals surface area contributed by atoms with Gasteiger partial charge < -0.3 is 10.6 Å². The summed E-state index contributed by atoms with van der Waals surface area (Å²) in [4.78, 5) is 9.06. The number of benzene rings is 1. The number of nitrogens with zero attached hydrogens (tertiary/aromatic N) is 4. The minimum atomic E-state index is 0.606. The van der Waals surface area contributed by atoms with Crippen molar-refractivity contribution >= 4 is 5.96 Å². The fraction of sp³-hybridized carbons (Fsp3) is 0.250. The van der Waals surface area contributed by atoms with Crippen molar-refractivity contribution in [2.24, 2.45) is 4.99 Å². The van der Waals surface area contributed by atoms with Crippen LogP contribution in [0.15, 0.2) is 72.1 Å². The molecule has 6 heteroatoms. The lowest BCUT2D eigenvalue weighted by molar-refractivity contribution is 0.680. The number of nitrogens with one attached hydrogen (secondary N) is 2. The van der Waals surface area contributed by atoms with E-state index in [1.165, 1.54) is 11.1 Å². The lowest BCUT2D eigenvalue weighted by atomic mass is 10.1. The molecule has 2 N–H and O–H groups in total. The average molecular weight is 348 g/mol. The molecule has 3 rings (SSSR count). The van der Waals surface area contributed by atoms with Crippen LogP contribution in [0.3, 0.4) is 0 Å². The monoisotopic (exact) mass is 348 g/mol. The van der Waals surface area contributed by atoms with Crippen LogP contribution >= 0.6 is 0 Å². The van der Waals surface area contributed by atoms with Gasteiger partial charge in [0.05, 0.1) is 25.3 Å². The molecule has 0 spiro atoms. The molecule has 26 heavy (non-hydrogen) atoms. The summed E-state index contributed by atoms with van der Waals surface area (Å²) in [6.07, 6.45) is 5.57. The van der Waals surface area contributed by atoms with Gasteiger partial charge in [-0.15, -0.1) is 0 Å². The summed E-state index contributed by atoms with van der Waals surface area (Å²) in [7, 11) is 0. The maximum Gasteiger partial charge on any atom is 0.191 e. The van der Waals surface area contributed by atoms with Gasteiger partial charge in [-0.2, -0.15) is 5.10 Å². The fourth-order valence-corrected chi connectivity index (χ4v) is 2.62. The summed E-state index contributed by atoms with van der Waals surface area (Å²) < 4.78 is 1.92. The number of aromatic nitrogens is 3. The van der Waals surface area contributed by atoms with Crippen LogP contribution in [-0.2, 0) is 19.6 Å². The van der Waals surface area contributed by atoms with Crippen LogP contribution in [0.2, 0.25) is 0 Å². The van der Waals surface area contributed by atoms with Crippen molar-refractivity contribution in [1.29, 1.82) is 0 Å². The molecule has 2 aromatic heterocycles. The predicted molar refractivity (Wildman–Crippen MR) is 104 cm³/mol. The number of rotatable bonds is 7. The normalized spacial score (nSPS) is 11.3. The van der Waals surface area contributed by atoms with Gasteiger partial charge in [0.1, 0.15) is 0 Å². The zero-order chi connectivity index (χ0) is 18.0. The number of guanidine groups is 1. The van der Waals surface area contributed by atoms with Gasteiger partial charge in [-0.05, 0) is 36.2 Å². The van der Waals surface area contributed by atoms with Crippen LogP contribution in [0, 0.1) is 0 Å². The Hall–Kier alpha value is -3.15. The van der Waals surface area contributed by atoms with E-state index >= 15 is 0 Å². The molecular formula is C20H24N6. The SMILES string of the molecule is CCNC(=NCc1ccccc1Cn1cccn1)NCc1ccccn1. The lowest BCUT2D eigenvalue weighted by Crippen LogP contribution is -2.37. The maximum atomic E-state index is 4.73. The Balaban J connectivity index is 1.67. The molecule has 134 valence electrons. The van der Waals surface area contributed by atoms with Gasteiger partial charge in [0.2, 0.25) is 0 Å². The van der Waals surface area contributed by atoms with Crippen molar-refractivity contribution in [1.82, 2.24) is 25.4 Å². The average Bonchev–Trinajstić information content (AvgIpc) is 3.19. The summed E-state index contributed by atoms with van der Waals surface area (Å²) in [5.74, 6) is 0.784. The number of hydrogen-bond acceptors (Lipinski definition) is 3. The molecule has 0 aliphatic carbocycles. The van der Waals surface area contributed by atoms with Crippen LogP contribution in [0.1, 0.15) is 23.7 Å². The summed E-state index contributed by atoms with van der Waals surface area (Å²) in [6, 6.07) is 16.2. The van der Waals surface area contributed by atoms with E-state index in [-0.39, 0.29) is 0 Å². The Morgan fingerprint density at radius 1 is 1.00 bits per heavy atom. The Bertz CT molecular complexity index is 811. The van der Waals surface area contributed by atoms with Crippen LogP contribution in [-0.4, -0.2) is 27.3 Å². The van der Waals surface area contributed by atoms with Crippen molar-refractivity contribution in [3.63, 3.8) is 0 Å². The first kappa shape index (κ1) is 17.7. The first-order chi connectivity index (χ1) is 12.8. The topological polar surface area (TPSA) is 67.1 Å². The van der Waals surface area contributed by atoms with Crippen molar-refractivity contribution in [3.05, 3.63) is 83.9 Å². The van der Waals surface area contributed by atoms with Gasteiger partial charge in [0.15, 0.2) is 5.96 Å². The van der Waals surface area contributed by atoms with E-state index in [0.717, 1.165) is 24.7 Å². The summed E-state index contributed by atoms with van der Waals surface area (Å²) in [5, 5.41) is 10.9. The molecule has 2 heterocycles. The van der Waals surface area contributed by atoms with Crippen molar-refractivity contribution < 1.29 is 0 Å². The number of aliphatic imine (C=N–C) groups is 1. The Labute approximate surface area is 154 Å². The van der Waals surface area contributed by atoms with Crippen molar-refractivity contribution in [2.45, 2.75) is 26.6 Å². The lowest BCUT2D eigenvalue weighted by Gasteiger charge is -2.12. The first-order valence-corrected chi connectivity index (χ1v) is 8.81. The standard InChI is InChI=1S/C20H24N6/c1-2-21-20(24-15-19-10-5-6-11-22-19)23-14-17-8-3-4-9-18(17)16-26-13-7-12-25-26/h3-13H,2,14-16H2,1H3,(H2,21,23,24). The van der Waals surface area contributed by atoms with Crippen molar-refractivity contribution in [2.75, 3.05) is 6.54 Å². The second-order valence-electron chi connectivity index (χ2n) is 5.84. The molecule has 1 aromatic carbocycles. The van der Waals surface area contributed by atoms with Gasteiger partial charge in [-0.25, -0.2) is 4.99 Å². The molecule has 0 unspecified atom stereocenters. The van der Waals surface area contributed by atoms with Crippen LogP contribution < -0.4 is 10.6 Å². The van der Waals surface area contributed by atoms with Gasteiger partial charge in [0, 0.05) is 25.1 Å². The molecule has 0 bridgehead atoms. The summed E-state index contributed by atoms with van der Waals surface area (Å²) >= 11 is 0. The van der Waals surface area contributed by atoms with E-state index in [1.54, 1.807) is 12.4 Å². The van der Waals surface area contributed by atoms with Crippen LogP contribution in [0.5, 0.6) is 0 Å². The first-order valence-electron chi connectivity index (χ1n) is 8.81. The molecule has 6 nitrogen and oxygen atoms in total. The third-order valence-electron chi connectivity index (χ3n) is 3.92. The smallest absolute Gasteiger partial charge is 0.191 e. The van der Waals surface area contributed by atoms with E-state index in [4.69, 9.17) is 4.99 Å². The zero-order valence-electron chi connectivity index (χ0n) is 15.0. The van der Waals surface area contributed by atoms with Gasteiger partial charge in [-0.3, -0.25) is 9.67 Å². The molecule has 3 aromatic rings. The van der Waals surface area contributed by atoms with Crippen molar-refractivity contribution in [3.8, 4) is 0 Å². The van der Waals surface area contributed by atoms with E-state index < -0.39 is 0 Å². The summed E-state index contributed by atoms with van der Waals surface area (Å²) in [6.45, 7) is 4.86. The van der Waals surface area contributed by atoms with Crippen LogP contribution in [0.25, 0.3) is 0 Å². The van der Waals surface area contributed by atoms with E-state index in [2.05, 4.69) is 45.8 Å². The highest BCUT2D eigenvalue weighted by molar-refractivity contribution is 5.79. The minimum absolute atomic E-state index is 0.606. The van der Waals surface area contributed by atoms with Gasteiger partial charge >= 0.3 is 0 Å². The molecular weight excluding hydrogens is 324 g/mol. The molecule has 0 radical (unpaired) electrons. The highest BCUT2D eigenvalue weighted by Gasteiger charge is 2.04. The fourth-order valence-electron chi connectivity index (χ4n) is 2.62. The van der Waals surface area contributed by atoms with E-state index in [1.807, 2.05) is 41.2 Å². The van der Waals surface area contributed by atoms with E-state index in [9.17, 15) is 0 Å². The zero-order valence-corrected chi connectivity index (χ0v) is 15.0. The number of hydrogen-bond donors (Lipinski definition) is 2. The molecule has 0 atom stereocenters. The molecule has 0 aliphatic heterocycles. The number of pyridine rings is 1. The molecule has 0 aliphatic rings. The Morgan fingerprint density at radius 2 is 1.85 bits per heavy atom. The largest absolute Gasteiger partial charge is 0.357 e. The summed E-state index contributed by atoms with van der Waals surface area (Å²) in [5.41, 5.74) is 3.40. The molecule has 0 fully saturated rings. The second kappa shape index (κ2) is 9.36. The van der Waals surface area contributed by atoms with Gasteiger partial charge in [-0.1, -0.05) is 30.3 Å². The van der Waals surface area contributed by atoms with Gasteiger partial charge in [0.25, 0.3) is 0 Å². The molecule has 0 saturated heterocycles. The van der Waals surface area contributed by atoms with E-state index in [0.29, 0.717) is 13.1 Å². The highest BCUT2D eigenvalue weighted by Crippen LogP contribution is 2.11. The Kier molecular flexibility index (Phi) is 6.36. The Morgan fingerprint density at radius 3 is 2.58 bits per heavy atom. The third kappa shape index (κ3) is 5.17. The third-order valence-corrected chi connectivity index (χ3v) is 3.92.